The largest absolute Gasteiger partial charge is 0.511 e. The van der Waals surface area contributed by atoms with Crippen molar-refractivity contribution in [3.8, 4) is 0 Å². The first-order valence-electron chi connectivity index (χ1n) is 9.33. The molecule has 162 valence electrons. The molecule has 0 bridgehead atoms. The van der Waals surface area contributed by atoms with Crippen LogP contribution in [0.25, 0.3) is 0 Å². The van der Waals surface area contributed by atoms with E-state index >= 15 is 0 Å². The summed E-state index contributed by atoms with van der Waals surface area (Å²) in [6, 6.07) is 3.88. The van der Waals surface area contributed by atoms with Gasteiger partial charge in [0.05, 0.1) is 11.4 Å². The molecule has 0 aromatic heterocycles. The molecule has 0 spiro atoms. The first-order valence-corrected chi connectivity index (χ1v) is 11.6. The van der Waals surface area contributed by atoms with Crippen molar-refractivity contribution in [3.05, 3.63) is 39.9 Å². The molecule has 11 heteroatoms. The molecule has 2 heterocycles. The highest BCUT2D eigenvalue weighted by atomic mass is 32.2. The van der Waals surface area contributed by atoms with Crippen LogP contribution in [0.2, 0.25) is 0 Å². The average molecular weight is 460 g/mol. The Hall–Kier alpha value is -1.98. The van der Waals surface area contributed by atoms with E-state index in [0.29, 0.717) is 10.7 Å². The highest BCUT2D eigenvalue weighted by Crippen LogP contribution is 2.47. The van der Waals surface area contributed by atoms with Gasteiger partial charge in [-0.1, -0.05) is 11.8 Å². The Morgan fingerprint density at radius 2 is 1.77 bits per heavy atom. The third-order valence-electron chi connectivity index (χ3n) is 5.39. The second kappa shape index (κ2) is 7.31. The maximum absolute atomic E-state index is 12.8. The second-order valence-electron chi connectivity index (χ2n) is 7.47. The van der Waals surface area contributed by atoms with Gasteiger partial charge in [-0.25, -0.2) is 8.42 Å². The lowest BCUT2D eigenvalue weighted by Gasteiger charge is -2.36. The molecule has 30 heavy (non-hydrogen) atoms. The van der Waals surface area contributed by atoms with E-state index in [-0.39, 0.29) is 32.0 Å². The van der Waals surface area contributed by atoms with E-state index < -0.39 is 15.5 Å². The van der Waals surface area contributed by atoms with Gasteiger partial charge in [-0.3, -0.25) is 4.79 Å². The molecule has 0 atom stereocenters. The number of nitrogens with zero attached hydrogens (tertiary/aromatic N) is 2. The van der Waals surface area contributed by atoms with Gasteiger partial charge < -0.3 is 10.2 Å². The number of fused-ring (bicyclic) bond motifs is 1. The Morgan fingerprint density at radius 1 is 1.10 bits per heavy atom. The number of rotatable bonds is 2. The van der Waals surface area contributed by atoms with Gasteiger partial charge in [0.25, 0.3) is 0 Å². The quantitative estimate of drug-likeness (QED) is 0.729. The minimum Gasteiger partial charge on any atom is -0.369 e. The van der Waals surface area contributed by atoms with Crippen LogP contribution in [0.1, 0.15) is 18.9 Å². The van der Waals surface area contributed by atoms with E-state index in [1.807, 2.05) is 30.9 Å². The summed E-state index contributed by atoms with van der Waals surface area (Å²) in [4.78, 5) is 15.7. The molecule has 1 aliphatic carbocycles. The smallest absolute Gasteiger partial charge is 0.369 e. The zero-order valence-corrected chi connectivity index (χ0v) is 18.0. The summed E-state index contributed by atoms with van der Waals surface area (Å²) in [5, 5.41) is 3.42. The normalized spacial score (nSPS) is 20.5. The van der Waals surface area contributed by atoms with Gasteiger partial charge in [0.2, 0.25) is 0 Å². The fourth-order valence-corrected chi connectivity index (χ4v) is 6.06. The van der Waals surface area contributed by atoms with Gasteiger partial charge >= 0.3 is 15.5 Å². The molecule has 1 saturated heterocycles. The number of benzene rings is 1. The lowest BCUT2D eigenvalue weighted by Crippen LogP contribution is -2.52. The first kappa shape index (κ1) is 21.3. The number of alkyl halides is 3. The number of halogens is 3. The fraction of sp³-hybridized carbons (Fsp3) is 0.421. The number of sulfonamides is 1. The minimum atomic E-state index is -5.30. The third-order valence-corrected chi connectivity index (χ3v) is 8.16. The van der Waals surface area contributed by atoms with Crippen LogP contribution in [0.5, 0.6) is 0 Å². The van der Waals surface area contributed by atoms with E-state index in [9.17, 15) is 26.4 Å². The molecule has 1 N–H and O–H groups in total. The van der Waals surface area contributed by atoms with Gasteiger partial charge in [0, 0.05) is 48.1 Å². The third kappa shape index (κ3) is 3.63. The first-order chi connectivity index (χ1) is 14.0. The molecule has 4 rings (SSSR count). The molecule has 1 aromatic rings. The van der Waals surface area contributed by atoms with Gasteiger partial charge in [-0.15, -0.1) is 0 Å². The Balaban J connectivity index is 1.55. The average Bonchev–Trinajstić information content (AvgIpc) is 2.66. The number of thioether (sulfide) groups is 1. The van der Waals surface area contributed by atoms with E-state index in [1.165, 1.54) is 11.8 Å². The maximum atomic E-state index is 12.8. The number of aryl methyl sites for hydroxylation is 1. The van der Waals surface area contributed by atoms with Gasteiger partial charge in [-0.05, 0) is 43.2 Å². The Kier molecular flexibility index (Phi) is 5.18. The van der Waals surface area contributed by atoms with Crippen LogP contribution in [0.4, 0.5) is 24.5 Å². The lowest BCUT2D eigenvalue weighted by atomic mass is 10.0. The molecule has 1 fully saturated rings. The summed E-state index contributed by atoms with van der Waals surface area (Å²) < 4.78 is 62.1. The molecule has 0 radical (unpaired) electrons. The zero-order chi connectivity index (χ0) is 21.8. The molecular weight excluding hydrogens is 439 g/mol. The Morgan fingerprint density at radius 3 is 2.40 bits per heavy atom. The fourth-order valence-electron chi connectivity index (χ4n) is 3.84. The van der Waals surface area contributed by atoms with Crippen LogP contribution in [0, 0.1) is 6.92 Å². The Bertz CT molecular complexity index is 1090. The summed E-state index contributed by atoms with van der Waals surface area (Å²) in [5.41, 5.74) is -0.698. The number of piperazine rings is 1. The zero-order valence-electron chi connectivity index (χ0n) is 16.3. The van der Waals surface area contributed by atoms with Crippen molar-refractivity contribution >= 4 is 38.9 Å². The lowest BCUT2D eigenvalue weighted by molar-refractivity contribution is -0.114. The second-order valence-corrected chi connectivity index (χ2v) is 10.5. The predicted molar refractivity (Wildman–Crippen MR) is 110 cm³/mol. The highest BCUT2D eigenvalue weighted by molar-refractivity contribution is 8.03. The van der Waals surface area contributed by atoms with E-state index in [1.54, 1.807) is 6.08 Å². The van der Waals surface area contributed by atoms with Crippen molar-refractivity contribution in [2.24, 2.45) is 0 Å². The van der Waals surface area contributed by atoms with Crippen LogP contribution in [0.3, 0.4) is 0 Å². The highest BCUT2D eigenvalue weighted by Gasteiger charge is 2.50. The molecule has 3 aliphatic rings. The van der Waals surface area contributed by atoms with Crippen LogP contribution in [-0.2, 0) is 14.8 Å². The number of hydrogen-bond acceptors (Lipinski definition) is 6. The molecule has 0 unspecified atom stereocenters. The van der Waals surface area contributed by atoms with Crippen molar-refractivity contribution in [1.29, 1.82) is 0 Å². The molecule has 0 saturated carbocycles. The minimum absolute atomic E-state index is 0.0545. The molecule has 1 aromatic carbocycles. The van der Waals surface area contributed by atoms with Crippen molar-refractivity contribution in [3.63, 3.8) is 0 Å². The number of carbonyl (C=O) groups is 1. The van der Waals surface area contributed by atoms with Crippen molar-refractivity contribution < 1.29 is 26.4 Å². The number of ketones is 1. The summed E-state index contributed by atoms with van der Waals surface area (Å²) in [5.74, 6) is 0.0545. The standard InChI is InChI=1S/C19H20F3N3O3S2/c1-11-7-13(24-3-5-25(6-4-24)30(27,28)19(20,21)22)9-15-17(11)23-18-12(2)8-14(26)10-16(18)29-15/h7-9,23H,3-6,10H2,1-2H3. The van der Waals surface area contributed by atoms with Crippen LogP contribution in [-0.4, -0.2) is 50.2 Å². The topological polar surface area (TPSA) is 69.7 Å². The maximum Gasteiger partial charge on any atom is 0.511 e. The van der Waals surface area contributed by atoms with Crippen molar-refractivity contribution in [2.75, 3.05) is 36.4 Å². The number of hydrogen-bond donors (Lipinski definition) is 1. The number of anilines is 2. The molecule has 6 nitrogen and oxygen atoms in total. The van der Waals surface area contributed by atoms with Crippen LogP contribution >= 0.6 is 11.8 Å². The summed E-state index contributed by atoms with van der Waals surface area (Å²) >= 11 is 1.52. The van der Waals surface area contributed by atoms with Gasteiger partial charge in [-0.2, -0.15) is 17.5 Å². The van der Waals surface area contributed by atoms with Gasteiger partial charge in [0.1, 0.15) is 0 Å². The van der Waals surface area contributed by atoms with Crippen LogP contribution in [0.15, 0.2) is 39.3 Å². The van der Waals surface area contributed by atoms with Gasteiger partial charge in [0.15, 0.2) is 5.78 Å². The monoisotopic (exact) mass is 459 g/mol. The number of nitrogens with one attached hydrogen (secondary N) is 1. The van der Waals surface area contributed by atoms with Crippen LogP contribution < -0.4 is 10.2 Å². The number of carbonyl (C=O) groups excluding carboxylic acids is 1. The number of allylic oxidation sites excluding steroid dienone is 3. The Labute approximate surface area is 176 Å². The SMILES string of the molecule is CC1=CC(=O)CC2=C1Nc1c(C)cc(N3CCN(S(=O)(=O)C(F)(F)F)CC3)cc1S2. The van der Waals surface area contributed by atoms with Crippen molar-refractivity contribution in [2.45, 2.75) is 30.7 Å². The molecule has 0 amide bonds. The molecular formula is C19H20F3N3O3S2. The molecule has 2 aliphatic heterocycles. The summed E-state index contributed by atoms with van der Waals surface area (Å²) in [7, 11) is -5.30. The predicted octanol–water partition coefficient (Wildman–Crippen LogP) is 3.61. The van der Waals surface area contributed by atoms with E-state index in [4.69, 9.17) is 0 Å². The summed E-state index contributed by atoms with van der Waals surface area (Å²) in [6.45, 7) is 3.72. The van der Waals surface area contributed by atoms with E-state index in [0.717, 1.165) is 38.0 Å². The van der Waals surface area contributed by atoms with E-state index in [2.05, 4.69) is 5.32 Å². The van der Waals surface area contributed by atoms with Crippen molar-refractivity contribution in [1.82, 2.24) is 4.31 Å². The summed E-state index contributed by atoms with van der Waals surface area (Å²) in [6.07, 6.45) is 1.97.